The lowest BCUT2D eigenvalue weighted by atomic mass is 9.46. The number of para-hydroxylation sites is 2. The van der Waals surface area contributed by atoms with E-state index in [9.17, 15) is 4.79 Å². The standard InChI is InChI=1S/C20H24N4O2/c1-26-17-5-3-2-4-16(17)23-18(25)19-7-14-6-15(8-19)10-20(9-14,11-19)24-13-21-12-22-24/h2-5,12-15H,6-11H2,1H3,(H,23,25)/t14-,15+,19?,20?. The lowest BCUT2D eigenvalue weighted by molar-refractivity contribution is -0.150. The number of benzene rings is 1. The van der Waals surface area contributed by atoms with Gasteiger partial charge in [-0.1, -0.05) is 12.1 Å². The summed E-state index contributed by atoms with van der Waals surface area (Å²) in [4.78, 5) is 17.6. The van der Waals surface area contributed by atoms with Crippen molar-refractivity contribution < 1.29 is 9.53 Å². The molecule has 6 nitrogen and oxygen atoms in total. The van der Waals surface area contributed by atoms with Gasteiger partial charge in [-0.15, -0.1) is 0 Å². The number of aromatic nitrogens is 3. The van der Waals surface area contributed by atoms with Gasteiger partial charge < -0.3 is 10.1 Å². The molecule has 1 N–H and O–H groups in total. The van der Waals surface area contributed by atoms with Gasteiger partial charge in [-0.3, -0.25) is 4.79 Å². The monoisotopic (exact) mass is 352 g/mol. The molecule has 136 valence electrons. The van der Waals surface area contributed by atoms with E-state index in [0.29, 0.717) is 17.6 Å². The molecule has 4 atom stereocenters. The molecule has 2 unspecified atom stereocenters. The Morgan fingerprint density at radius 2 is 2.00 bits per heavy atom. The second kappa shape index (κ2) is 5.56. The van der Waals surface area contributed by atoms with E-state index in [4.69, 9.17) is 4.74 Å². The van der Waals surface area contributed by atoms with Crippen molar-refractivity contribution in [2.45, 2.75) is 44.1 Å². The lowest BCUT2D eigenvalue weighted by Gasteiger charge is -2.60. The van der Waals surface area contributed by atoms with Crippen LogP contribution in [0.25, 0.3) is 0 Å². The number of carbonyl (C=O) groups is 1. The van der Waals surface area contributed by atoms with Crippen molar-refractivity contribution in [2.24, 2.45) is 17.3 Å². The van der Waals surface area contributed by atoms with E-state index in [1.165, 1.54) is 6.42 Å². The Hall–Kier alpha value is -2.37. The first-order valence-corrected chi connectivity index (χ1v) is 9.42. The molecule has 26 heavy (non-hydrogen) atoms. The SMILES string of the molecule is COc1ccccc1NC(=O)C12C[C@H]3C[C@@H](C1)CC(n1cncn1)(C3)C2. The number of methoxy groups -OCH3 is 1. The summed E-state index contributed by atoms with van der Waals surface area (Å²) in [5.74, 6) is 2.05. The Morgan fingerprint density at radius 3 is 2.69 bits per heavy atom. The van der Waals surface area contributed by atoms with Gasteiger partial charge in [0.2, 0.25) is 5.91 Å². The maximum absolute atomic E-state index is 13.4. The van der Waals surface area contributed by atoms with E-state index in [-0.39, 0.29) is 16.9 Å². The number of hydrogen-bond donors (Lipinski definition) is 1. The van der Waals surface area contributed by atoms with Crippen LogP contribution < -0.4 is 10.1 Å². The normalized spacial score (nSPS) is 34.7. The van der Waals surface area contributed by atoms with Crippen molar-refractivity contribution in [1.29, 1.82) is 0 Å². The number of anilines is 1. The van der Waals surface area contributed by atoms with Crippen molar-refractivity contribution in [1.82, 2.24) is 14.8 Å². The Labute approximate surface area is 153 Å². The van der Waals surface area contributed by atoms with Crippen LogP contribution in [-0.4, -0.2) is 27.8 Å². The van der Waals surface area contributed by atoms with E-state index in [0.717, 1.165) is 37.8 Å². The Kier molecular flexibility index (Phi) is 3.39. The van der Waals surface area contributed by atoms with E-state index >= 15 is 0 Å². The molecular formula is C20H24N4O2. The number of ether oxygens (including phenoxy) is 1. The van der Waals surface area contributed by atoms with Gasteiger partial charge in [0, 0.05) is 0 Å². The topological polar surface area (TPSA) is 69.0 Å². The molecule has 0 radical (unpaired) electrons. The summed E-state index contributed by atoms with van der Waals surface area (Å²) >= 11 is 0. The maximum Gasteiger partial charge on any atom is 0.230 e. The average molecular weight is 352 g/mol. The zero-order chi connectivity index (χ0) is 17.8. The highest BCUT2D eigenvalue weighted by atomic mass is 16.5. The number of nitrogens with zero attached hydrogens (tertiary/aromatic N) is 3. The summed E-state index contributed by atoms with van der Waals surface area (Å²) in [6, 6.07) is 7.63. The summed E-state index contributed by atoms with van der Waals surface area (Å²) in [6.07, 6.45) is 9.77. The van der Waals surface area contributed by atoms with Crippen LogP contribution in [0.5, 0.6) is 5.75 Å². The van der Waals surface area contributed by atoms with E-state index in [2.05, 4.69) is 15.4 Å². The second-order valence-corrected chi connectivity index (χ2v) is 8.46. The van der Waals surface area contributed by atoms with Crippen LogP contribution in [0.1, 0.15) is 38.5 Å². The van der Waals surface area contributed by atoms with Crippen molar-refractivity contribution in [3.63, 3.8) is 0 Å². The fourth-order valence-electron chi connectivity index (χ4n) is 6.20. The molecular weight excluding hydrogens is 328 g/mol. The molecule has 0 saturated heterocycles. The zero-order valence-corrected chi connectivity index (χ0v) is 15.0. The minimum atomic E-state index is -0.309. The third-order valence-corrected chi connectivity index (χ3v) is 6.77. The second-order valence-electron chi connectivity index (χ2n) is 8.46. The van der Waals surface area contributed by atoms with E-state index in [1.807, 2.05) is 35.3 Å². The maximum atomic E-state index is 13.4. The molecule has 1 aromatic heterocycles. The van der Waals surface area contributed by atoms with Gasteiger partial charge in [0.15, 0.2) is 0 Å². The van der Waals surface area contributed by atoms with Crippen LogP contribution in [0.15, 0.2) is 36.9 Å². The van der Waals surface area contributed by atoms with Crippen molar-refractivity contribution in [3.05, 3.63) is 36.9 Å². The van der Waals surface area contributed by atoms with E-state index in [1.54, 1.807) is 13.4 Å². The Bertz CT molecular complexity index is 818. The molecule has 4 aliphatic carbocycles. The molecule has 0 spiro atoms. The van der Waals surface area contributed by atoms with Gasteiger partial charge in [-0.25, -0.2) is 9.67 Å². The molecule has 1 aromatic carbocycles. The Morgan fingerprint density at radius 1 is 1.23 bits per heavy atom. The fourth-order valence-corrected chi connectivity index (χ4v) is 6.20. The summed E-state index contributed by atoms with van der Waals surface area (Å²) < 4.78 is 7.44. The van der Waals surface area contributed by atoms with Gasteiger partial charge in [0.05, 0.1) is 23.8 Å². The zero-order valence-electron chi connectivity index (χ0n) is 15.0. The van der Waals surface area contributed by atoms with Gasteiger partial charge in [0.25, 0.3) is 0 Å². The third kappa shape index (κ3) is 2.27. The predicted octanol–water partition coefficient (Wildman–Crippen LogP) is 3.22. The quantitative estimate of drug-likeness (QED) is 0.917. The first-order chi connectivity index (χ1) is 12.6. The molecule has 6 rings (SSSR count). The first-order valence-electron chi connectivity index (χ1n) is 9.42. The van der Waals surface area contributed by atoms with Gasteiger partial charge in [-0.2, -0.15) is 5.10 Å². The molecule has 4 bridgehead atoms. The van der Waals surface area contributed by atoms with Crippen LogP contribution in [0.3, 0.4) is 0 Å². The van der Waals surface area contributed by atoms with Crippen molar-refractivity contribution in [3.8, 4) is 5.75 Å². The Balaban J connectivity index is 1.47. The van der Waals surface area contributed by atoms with Crippen molar-refractivity contribution in [2.75, 3.05) is 12.4 Å². The molecule has 2 aromatic rings. The third-order valence-electron chi connectivity index (χ3n) is 6.77. The molecule has 1 heterocycles. The largest absolute Gasteiger partial charge is 0.495 e. The highest BCUT2D eigenvalue weighted by molar-refractivity contribution is 5.97. The summed E-state index contributed by atoms with van der Waals surface area (Å²) in [5, 5.41) is 7.63. The molecule has 4 saturated carbocycles. The summed E-state index contributed by atoms with van der Waals surface area (Å²) in [7, 11) is 1.63. The summed E-state index contributed by atoms with van der Waals surface area (Å²) in [5.41, 5.74) is 0.404. The van der Waals surface area contributed by atoms with Crippen molar-refractivity contribution >= 4 is 11.6 Å². The van der Waals surface area contributed by atoms with E-state index < -0.39 is 0 Å². The lowest BCUT2D eigenvalue weighted by Crippen LogP contribution is -2.60. The molecule has 1 amide bonds. The number of hydrogen-bond acceptors (Lipinski definition) is 4. The number of nitrogens with one attached hydrogen (secondary N) is 1. The fraction of sp³-hybridized carbons (Fsp3) is 0.550. The minimum Gasteiger partial charge on any atom is -0.495 e. The molecule has 6 heteroatoms. The smallest absolute Gasteiger partial charge is 0.230 e. The van der Waals surface area contributed by atoms with Crippen LogP contribution in [0.4, 0.5) is 5.69 Å². The van der Waals surface area contributed by atoms with Crippen LogP contribution in [0, 0.1) is 17.3 Å². The molecule has 4 fully saturated rings. The molecule has 4 aliphatic rings. The highest BCUT2D eigenvalue weighted by Crippen LogP contribution is 2.64. The predicted molar refractivity (Wildman–Crippen MR) is 96.7 cm³/mol. The first kappa shape index (κ1) is 15.9. The van der Waals surface area contributed by atoms with Crippen LogP contribution in [-0.2, 0) is 10.3 Å². The number of rotatable bonds is 4. The molecule has 0 aliphatic heterocycles. The van der Waals surface area contributed by atoms with Gasteiger partial charge in [-0.05, 0) is 62.5 Å². The number of amides is 1. The summed E-state index contributed by atoms with van der Waals surface area (Å²) in [6.45, 7) is 0. The van der Waals surface area contributed by atoms with Crippen LogP contribution >= 0.6 is 0 Å². The number of carbonyl (C=O) groups excluding carboxylic acids is 1. The van der Waals surface area contributed by atoms with Gasteiger partial charge in [0.1, 0.15) is 18.4 Å². The van der Waals surface area contributed by atoms with Gasteiger partial charge >= 0.3 is 0 Å². The van der Waals surface area contributed by atoms with Crippen LogP contribution in [0.2, 0.25) is 0 Å². The average Bonchev–Trinajstić information content (AvgIpc) is 3.16. The minimum absolute atomic E-state index is 0.0430. The highest BCUT2D eigenvalue weighted by Gasteiger charge is 2.61.